The van der Waals surface area contributed by atoms with Gasteiger partial charge in [-0.05, 0) is 43.3 Å². The Morgan fingerprint density at radius 1 is 1.15 bits per heavy atom. The van der Waals surface area contributed by atoms with Gasteiger partial charge in [0.25, 0.3) is 10.0 Å². The number of anilines is 2. The molecule has 0 aliphatic carbocycles. The van der Waals surface area contributed by atoms with Gasteiger partial charge in [-0.2, -0.15) is 8.42 Å². The van der Waals surface area contributed by atoms with Gasteiger partial charge >= 0.3 is 0 Å². The number of hydrogen-bond acceptors (Lipinski definition) is 6. The highest BCUT2D eigenvalue weighted by atomic mass is 35.5. The second kappa shape index (κ2) is 11.7. The molecule has 1 unspecified atom stereocenters. The van der Waals surface area contributed by atoms with E-state index in [1.807, 2.05) is 19.1 Å². The first-order chi connectivity index (χ1) is 16.2. The van der Waals surface area contributed by atoms with Crippen molar-refractivity contribution in [2.75, 3.05) is 10.2 Å². The van der Waals surface area contributed by atoms with E-state index in [9.17, 15) is 18.0 Å². The van der Waals surface area contributed by atoms with Crippen molar-refractivity contribution in [3.63, 3.8) is 0 Å². The molecule has 1 N–H and O–H groups in total. The quantitative estimate of drug-likeness (QED) is 0.231. The molecule has 3 rings (SSSR count). The van der Waals surface area contributed by atoms with Gasteiger partial charge in [-0.1, -0.05) is 66.2 Å². The summed E-state index contributed by atoms with van der Waals surface area (Å²) in [5.41, 5.74) is 2.18. The number of amidine groups is 1. The number of para-hydroxylation sites is 1. The van der Waals surface area contributed by atoms with Crippen LogP contribution in [0, 0.1) is 6.92 Å². The summed E-state index contributed by atoms with van der Waals surface area (Å²) in [6, 6.07) is 18.8. The Hall–Kier alpha value is -2.66. The maximum Gasteiger partial charge on any atom is 0.294 e. The van der Waals surface area contributed by atoms with Crippen molar-refractivity contribution < 1.29 is 18.0 Å². The van der Waals surface area contributed by atoms with E-state index in [0.717, 1.165) is 33.6 Å². The van der Waals surface area contributed by atoms with E-state index in [-0.39, 0.29) is 21.7 Å². The fraction of sp³-hybridized carbons (Fsp3) is 0.174. The van der Waals surface area contributed by atoms with Gasteiger partial charge in [0.05, 0.1) is 10.0 Å². The maximum absolute atomic E-state index is 12.9. The van der Waals surface area contributed by atoms with Crippen LogP contribution in [0.1, 0.15) is 18.9 Å². The highest BCUT2D eigenvalue weighted by molar-refractivity contribution is 8.15. The van der Waals surface area contributed by atoms with Gasteiger partial charge in [0.1, 0.15) is 4.21 Å². The summed E-state index contributed by atoms with van der Waals surface area (Å²) < 4.78 is 30.0. The molecule has 34 heavy (non-hydrogen) atoms. The van der Waals surface area contributed by atoms with Gasteiger partial charge in [0.2, 0.25) is 12.3 Å². The number of nitrogens with one attached hydrogen (secondary N) is 1. The first kappa shape index (κ1) is 26.0. The number of sulfonamides is 1. The van der Waals surface area contributed by atoms with Crippen molar-refractivity contribution in [1.29, 1.82) is 0 Å². The molecule has 0 saturated carbocycles. The molecular weight excluding hydrogens is 514 g/mol. The zero-order valence-corrected chi connectivity index (χ0v) is 21.5. The first-order valence-corrected chi connectivity index (χ1v) is 13.6. The molecule has 7 nitrogen and oxygen atoms in total. The Bertz CT molecular complexity index is 1280. The smallest absolute Gasteiger partial charge is 0.294 e. The minimum atomic E-state index is -4.13. The highest BCUT2D eigenvalue weighted by Crippen LogP contribution is 2.30. The molecular formula is C23H22ClN3O4S3. The minimum Gasteiger partial charge on any atom is -0.326 e. The molecule has 1 atom stereocenters. The largest absolute Gasteiger partial charge is 0.326 e. The summed E-state index contributed by atoms with van der Waals surface area (Å²) in [6.07, 6.45) is 0.571. The summed E-state index contributed by atoms with van der Waals surface area (Å²) in [7, 11) is -4.13. The number of carbonyl (C=O) groups is 2. The molecule has 0 fully saturated rings. The van der Waals surface area contributed by atoms with E-state index in [2.05, 4.69) is 9.71 Å². The van der Waals surface area contributed by atoms with Crippen LogP contribution in [0.2, 0.25) is 4.34 Å². The molecule has 0 aliphatic heterocycles. The lowest BCUT2D eigenvalue weighted by Gasteiger charge is -2.21. The molecule has 11 heteroatoms. The number of carbonyl (C=O) groups excluding carboxylic acids is 2. The molecule has 0 aliphatic rings. The topological polar surface area (TPSA) is 95.9 Å². The summed E-state index contributed by atoms with van der Waals surface area (Å²) in [6.45, 7) is 3.71. The SMILES string of the molecule is Cc1ccc(NC(=O)CC(C)SC(=NS(=O)(=O)c2ccc(Cl)s2)N(C=O)c2ccccc2)cc1. The number of halogens is 1. The van der Waals surface area contributed by atoms with Gasteiger partial charge in [-0.25, -0.2) is 0 Å². The number of hydrogen-bond donors (Lipinski definition) is 1. The average Bonchev–Trinajstić information content (AvgIpc) is 3.23. The monoisotopic (exact) mass is 535 g/mol. The number of amides is 2. The van der Waals surface area contributed by atoms with Crippen LogP contribution in [0.3, 0.4) is 0 Å². The van der Waals surface area contributed by atoms with E-state index in [4.69, 9.17) is 11.6 Å². The Morgan fingerprint density at radius 3 is 2.41 bits per heavy atom. The van der Waals surface area contributed by atoms with Crippen LogP contribution in [0.4, 0.5) is 11.4 Å². The number of benzene rings is 2. The number of rotatable bonds is 8. The van der Waals surface area contributed by atoms with Crippen LogP contribution in [-0.4, -0.2) is 31.2 Å². The molecule has 178 valence electrons. The van der Waals surface area contributed by atoms with E-state index in [1.54, 1.807) is 49.4 Å². The number of nitrogens with zero attached hydrogens (tertiary/aromatic N) is 2. The van der Waals surface area contributed by atoms with Crippen molar-refractivity contribution in [3.8, 4) is 0 Å². The highest BCUT2D eigenvalue weighted by Gasteiger charge is 2.24. The van der Waals surface area contributed by atoms with Gasteiger partial charge in [-0.3, -0.25) is 14.5 Å². The van der Waals surface area contributed by atoms with Crippen molar-refractivity contribution in [2.24, 2.45) is 4.40 Å². The Labute approximate surface area is 211 Å². The lowest BCUT2D eigenvalue weighted by molar-refractivity contribution is -0.116. The Balaban J connectivity index is 1.85. The zero-order chi connectivity index (χ0) is 24.7. The van der Waals surface area contributed by atoms with Crippen LogP contribution in [-0.2, 0) is 19.6 Å². The lowest BCUT2D eigenvalue weighted by Crippen LogP contribution is -2.30. The van der Waals surface area contributed by atoms with Crippen molar-refractivity contribution in [2.45, 2.75) is 29.7 Å². The van der Waals surface area contributed by atoms with Crippen LogP contribution in [0.25, 0.3) is 0 Å². The number of thioether (sulfide) groups is 1. The number of aryl methyl sites for hydroxylation is 1. The summed E-state index contributed by atoms with van der Waals surface area (Å²) >= 11 is 7.79. The fourth-order valence-corrected chi connectivity index (χ4v) is 6.51. The fourth-order valence-electron chi connectivity index (χ4n) is 2.84. The third kappa shape index (κ3) is 7.17. The van der Waals surface area contributed by atoms with Crippen LogP contribution in [0.5, 0.6) is 0 Å². The van der Waals surface area contributed by atoms with E-state index in [0.29, 0.717) is 22.1 Å². The minimum absolute atomic E-state index is 0.0423. The van der Waals surface area contributed by atoms with E-state index in [1.165, 1.54) is 12.1 Å². The van der Waals surface area contributed by atoms with Gasteiger partial charge in [-0.15, -0.1) is 15.7 Å². The first-order valence-electron chi connectivity index (χ1n) is 10.1. The van der Waals surface area contributed by atoms with Crippen LogP contribution >= 0.6 is 34.7 Å². The second-order valence-electron chi connectivity index (χ2n) is 7.27. The zero-order valence-electron chi connectivity index (χ0n) is 18.3. The van der Waals surface area contributed by atoms with E-state index >= 15 is 0 Å². The third-order valence-electron chi connectivity index (χ3n) is 4.46. The van der Waals surface area contributed by atoms with Gasteiger partial charge < -0.3 is 5.32 Å². The molecule has 2 aromatic carbocycles. The lowest BCUT2D eigenvalue weighted by atomic mass is 10.2. The van der Waals surface area contributed by atoms with Gasteiger partial charge in [0, 0.05) is 17.4 Å². The standard InChI is InChI=1S/C23H22ClN3O4S3/c1-16-8-10-18(11-9-16)25-21(29)14-17(2)32-23(27(15-28)19-6-4-3-5-7-19)26-34(30,31)22-13-12-20(24)33-22/h3-13,15,17H,14H2,1-2H3,(H,25,29). The van der Waals surface area contributed by atoms with E-state index < -0.39 is 15.3 Å². The summed E-state index contributed by atoms with van der Waals surface area (Å²) in [5.74, 6) is -0.242. The molecule has 0 radical (unpaired) electrons. The molecule has 0 bridgehead atoms. The molecule has 0 saturated heterocycles. The second-order valence-corrected chi connectivity index (χ2v) is 12.2. The molecule has 1 heterocycles. The maximum atomic E-state index is 12.9. The predicted octanol–water partition coefficient (Wildman–Crippen LogP) is 5.57. The normalized spacial score (nSPS) is 12.7. The van der Waals surface area contributed by atoms with Gasteiger partial charge in [0.15, 0.2) is 5.17 Å². The summed E-state index contributed by atoms with van der Waals surface area (Å²) in [5, 5.41) is 2.36. The number of thiophene rings is 1. The molecule has 3 aromatic rings. The average molecular weight is 536 g/mol. The third-order valence-corrected chi connectivity index (χ3v) is 8.61. The van der Waals surface area contributed by atoms with Crippen molar-refractivity contribution in [1.82, 2.24) is 0 Å². The Morgan fingerprint density at radius 2 is 1.82 bits per heavy atom. The molecule has 0 spiro atoms. The van der Waals surface area contributed by atoms with Crippen molar-refractivity contribution >= 4 is 73.6 Å². The van der Waals surface area contributed by atoms with Crippen LogP contribution < -0.4 is 10.2 Å². The van der Waals surface area contributed by atoms with Crippen molar-refractivity contribution in [3.05, 3.63) is 76.6 Å². The summed E-state index contributed by atoms with van der Waals surface area (Å²) in [4.78, 5) is 25.7. The Kier molecular flexibility index (Phi) is 8.90. The molecule has 1 aromatic heterocycles. The predicted molar refractivity (Wildman–Crippen MR) is 140 cm³/mol. The van der Waals surface area contributed by atoms with Crippen LogP contribution in [0.15, 0.2) is 75.3 Å². The molecule has 2 amide bonds.